The number of nitro benzene ring substituents is 1. The molecule has 10 heteroatoms. The summed E-state index contributed by atoms with van der Waals surface area (Å²) < 4.78 is 9.92. The molecule has 2 aromatic rings. The minimum absolute atomic E-state index is 0.0748. The van der Waals surface area contributed by atoms with E-state index in [2.05, 4.69) is 4.98 Å². The molecule has 2 rings (SSSR count). The van der Waals surface area contributed by atoms with Gasteiger partial charge in [-0.1, -0.05) is 11.6 Å². The number of rotatable bonds is 7. The van der Waals surface area contributed by atoms with Crippen molar-refractivity contribution in [1.29, 1.82) is 0 Å². The van der Waals surface area contributed by atoms with Gasteiger partial charge in [-0.15, -0.1) is 0 Å². The van der Waals surface area contributed by atoms with Crippen molar-refractivity contribution in [3.05, 3.63) is 61.4 Å². The molecule has 0 fully saturated rings. The van der Waals surface area contributed by atoms with Gasteiger partial charge in [0.25, 0.3) is 5.69 Å². The highest BCUT2D eigenvalue weighted by Crippen LogP contribution is 2.25. The van der Waals surface area contributed by atoms with Gasteiger partial charge in [-0.3, -0.25) is 14.9 Å². The number of hydrogen-bond acceptors (Lipinski definition) is 7. The van der Waals surface area contributed by atoms with E-state index in [0.29, 0.717) is 11.4 Å². The number of nitrogens with zero attached hydrogens (tertiary/aromatic N) is 1. The Labute approximate surface area is 164 Å². The smallest absolute Gasteiger partial charge is 0.340 e. The van der Waals surface area contributed by atoms with Crippen LogP contribution in [0.5, 0.6) is 0 Å². The molecule has 0 saturated heterocycles. The Kier molecular flexibility index (Phi) is 6.53. The third kappa shape index (κ3) is 4.37. The number of esters is 2. The van der Waals surface area contributed by atoms with Crippen LogP contribution in [0, 0.1) is 24.0 Å². The summed E-state index contributed by atoms with van der Waals surface area (Å²) in [5.41, 5.74) is 0.469. The maximum Gasteiger partial charge on any atom is 0.340 e. The van der Waals surface area contributed by atoms with E-state index in [-0.39, 0.29) is 28.3 Å². The first-order valence-corrected chi connectivity index (χ1v) is 8.55. The minimum atomic E-state index is -0.935. The van der Waals surface area contributed by atoms with Crippen LogP contribution in [0.4, 0.5) is 5.69 Å². The van der Waals surface area contributed by atoms with Gasteiger partial charge in [0.15, 0.2) is 6.61 Å². The van der Waals surface area contributed by atoms with Crippen LogP contribution < -0.4 is 0 Å². The van der Waals surface area contributed by atoms with Crippen LogP contribution in [0.15, 0.2) is 18.2 Å². The quantitative estimate of drug-likeness (QED) is 0.321. The zero-order chi connectivity index (χ0) is 21.0. The molecule has 0 aliphatic heterocycles. The topological polar surface area (TPSA) is 129 Å². The Morgan fingerprint density at radius 3 is 2.36 bits per heavy atom. The zero-order valence-corrected chi connectivity index (χ0v) is 16.1. The van der Waals surface area contributed by atoms with Gasteiger partial charge in [0.2, 0.25) is 5.78 Å². The third-order valence-corrected chi connectivity index (χ3v) is 4.17. The van der Waals surface area contributed by atoms with Crippen LogP contribution in [0.25, 0.3) is 0 Å². The summed E-state index contributed by atoms with van der Waals surface area (Å²) in [5.74, 6) is -2.20. The molecular formula is C18H17ClN2O7. The van der Waals surface area contributed by atoms with Crippen molar-refractivity contribution < 1.29 is 28.8 Å². The van der Waals surface area contributed by atoms with Crippen molar-refractivity contribution in [3.63, 3.8) is 0 Å². The molecule has 0 atom stereocenters. The third-order valence-electron chi connectivity index (χ3n) is 3.85. The summed E-state index contributed by atoms with van der Waals surface area (Å²) in [6.07, 6.45) is 0. The largest absolute Gasteiger partial charge is 0.462 e. The van der Waals surface area contributed by atoms with E-state index in [0.717, 1.165) is 6.07 Å². The second-order valence-electron chi connectivity index (χ2n) is 5.77. The molecule has 0 radical (unpaired) electrons. The van der Waals surface area contributed by atoms with Crippen LogP contribution >= 0.6 is 11.6 Å². The van der Waals surface area contributed by atoms with Crippen LogP contribution in [0.3, 0.4) is 0 Å². The number of benzene rings is 1. The van der Waals surface area contributed by atoms with Gasteiger partial charge in [0.05, 0.1) is 28.2 Å². The van der Waals surface area contributed by atoms with Crippen LogP contribution in [0.2, 0.25) is 5.02 Å². The molecule has 9 nitrogen and oxygen atoms in total. The number of aromatic nitrogens is 1. The number of ketones is 1. The fraction of sp³-hybridized carbons (Fsp3) is 0.278. The van der Waals surface area contributed by atoms with E-state index in [9.17, 15) is 24.5 Å². The van der Waals surface area contributed by atoms with Crippen molar-refractivity contribution in [2.45, 2.75) is 20.8 Å². The van der Waals surface area contributed by atoms with E-state index in [1.165, 1.54) is 12.1 Å². The average Bonchev–Trinajstić information content (AvgIpc) is 2.93. The first-order chi connectivity index (χ1) is 13.2. The lowest BCUT2D eigenvalue weighted by Gasteiger charge is -2.07. The predicted molar refractivity (Wildman–Crippen MR) is 98.9 cm³/mol. The zero-order valence-electron chi connectivity index (χ0n) is 15.3. The lowest BCUT2D eigenvalue weighted by atomic mass is 10.1. The fourth-order valence-corrected chi connectivity index (χ4v) is 2.84. The number of H-pyrrole nitrogens is 1. The number of carbonyl (C=O) groups is 3. The Hall–Kier alpha value is -3.20. The van der Waals surface area contributed by atoms with Crippen molar-refractivity contribution in [3.8, 4) is 0 Å². The van der Waals surface area contributed by atoms with Gasteiger partial charge < -0.3 is 14.5 Å². The molecule has 0 saturated carbocycles. The molecule has 0 aliphatic carbocycles. The Morgan fingerprint density at radius 1 is 1.11 bits per heavy atom. The normalized spacial score (nSPS) is 10.4. The lowest BCUT2D eigenvalue weighted by Crippen LogP contribution is -2.18. The number of aromatic amines is 1. The highest BCUT2D eigenvalue weighted by Gasteiger charge is 2.26. The Morgan fingerprint density at radius 2 is 1.75 bits per heavy atom. The molecule has 0 spiro atoms. The van der Waals surface area contributed by atoms with Crippen molar-refractivity contribution in [2.24, 2.45) is 0 Å². The summed E-state index contributed by atoms with van der Waals surface area (Å²) in [4.78, 5) is 49.9. The van der Waals surface area contributed by atoms with Gasteiger partial charge in [-0.25, -0.2) is 9.59 Å². The number of hydrogen-bond donors (Lipinski definition) is 1. The molecule has 148 valence electrons. The van der Waals surface area contributed by atoms with Crippen molar-refractivity contribution in [1.82, 2.24) is 4.98 Å². The molecule has 0 unspecified atom stereocenters. The summed E-state index contributed by atoms with van der Waals surface area (Å²) in [6, 6.07) is 3.40. The second kappa shape index (κ2) is 8.66. The van der Waals surface area contributed by atoms with Gasteiger partial charge >= 0.3 is 11.9 Å². The first kappa shape index (κ1) is 21.1. The van der Waals surface area contributed by atoms with Crippen molar-refractivity contribution >= 4 is 35.0 Å². The Bertz CT molecular complexity index is 965. The molecule has 0 aliphatic rings. The molecule has 1 aromatic heterocycles. The second-order valence-corrected chi connectivity index (χ2v) is 6.18. The standard InChI is InChI=1S/C18H17ClN2O7/c1-4-27-18(24)16-10(3)20-9(2)15(16)14(22)8-28-17(23)11-5-6-12(19)13(7-11)21(25)26/h5-7,20H,4,8H2,1-3H3. The van der Waals surface area contributed by atoms with Gasteiger partial charge in [0, 0.05) is 17.5 Å². The van der Waals surface area contributed by atoms with Crippen LogP contribution in [0.1, 0.15) is 49.4 Å². The van der Waals surface area contributed by atoms with E-state index in [4.69, 9.17) is 21.1 Å². The van der Waals surface area contributed by atoms with Crippen LogP contribution in [-0.4, -0.2) is 40.8 Å². The molecular weight excluding hydrogens is 392 g/mol. The van der Waals surface area contributed by atoms with Crippen molar-refractivity contribution in [2.75, 3.05) is 13.2 Å². The summed E-state index contributed by atoms with van der Waals surface area (Å²) in [5, 5.41) is 10.8. The maximum atomic E-state index is 12.5. The van der Waals surface area contributed by atoms with Gasteiger partial charge in [0.1, 0.15) is 5.02 Å². The highest BCUT2D eigenvalue weighted by atomic mass is 35.5. The SMILES string of the molecule is CCOC(=O)c1c(C)[nH]c(C)c1C(=O)COC(=O)c1ccc(Cl)c([N+](=O)[O-])c1. The number of ether oxygens (including phenoxy) is 2. The van der Waals surface area contributed by atoms with Gasteiger partial charge in [-0.05, 0) is 32.9 Å². The summed E-state index contributed by atoms with van der Waals surface area (Å²) in [7, 11) is 0. The summed E-state index contributed by atoms with van der Waals surface area (Å²) >= 11 is 5.70. The number of nitro groups is 1. The predicted octanol–water partition coefficient (Wildman–Crippen LogP) is 3.41. The van der Waals surface area contributed by atoms with Gasteiger partial charge in [-0.2, -0.15) is 0 Å². The molecule has 0 bridgehead atoms. The first-order valence-electron chi connectivity index (χ1n) is 8.17. The molecule has 1 heterocycles. The lowest BCUT2D eigenvalue weighted by molar-refractivity contribution is -0.384. The fourth-order valence-electron chi connectivity index (χ4n) is 2.65. The van der Waals surface area contributed by atoms with Crippen LogP contribution in [-0.2, 0) is 9.47 Å². The molecule has 1 N–H and O–H groups in total. The van der Waals surface area contributed by atoms with E-state index in [1.54, 1.807) is 20.8 Å². The highest BCUT2D eigenvalue weighted by molar-refractivity contribution is 6.32. The average molecular weight is 409 g/mol. The molecule has 28 heavy (non-hydrogen) atoms. The Balaban J connectivity index is 2.19. The van der Waals surface area contributed by atoms with E-state index in [1.807, 2.05) is 0 Å². The number of carbonyl (C=O) groups excluding carboxylic acids is 3. The number of halogens is 1. The number of Topliss-reactive ketones (excluding diaryl/α,β-unsaturated/α-hetero) is 1. The molecule has 0 amide bonds. The summed E-state index contributed by atoms with van der Waals surface area (Å²) in [6.45, 7) is 4.35. The number of aryl methyl sites for hydroxylation is 2. The molecule has 1 aromatic carbocycles. The number of nitrogens with one attached hydrogen (secondary N) is 1. The van der Waals surface area contributed by atoms with E-state index < -0.39 is 34.9 Å². The maximum absolute atomic E-state index is 12.5. The monoisotopic (exact) mass is 408 g/mol. The van der Waals surface area contributed by atoms with E-state index >= 15 is 0 Å². The minimum Gasteiger partial charge on any atom is -0.462 e.